The molecule has 1 fully saturated rings. The van der Waals surface area contributed by atoms with E-state index in [1.54, 1.807) is 11.1 Å². The molecule has 184 valence electrons. The summed E-state index contributed by atoms with van der Waals surface area (Å²) in [4.78, 5) is 2.89. The molecule has 0 radical (unpaired) electrons. The molecule has 35 heavy (non-hydrogen) atoms. The van der Waals surface area contributed by atoms with Crippen LogP contribution in [0.5, 0.6) is 0 Å². The molecule has 2 aliphatic heterocycles. The third-order valence-corrected chi connectivity index (χ3v) is 8.99. The quantitative estimate of drug-likeness (QED) is 0.380. The zero-order valence-electron chi connectivity index (χ0n) is 20.8. The van der Waals surface area contributed by atoms with E-state index in [1.807, 2.05) is 0 Å². The molecule has 2 heterocycles. The number of rotatable bonds is 5. The van der Waals surface area contributed by atoms with Gasteiger partial charge in [0.1, 0.15) is 0 Å². The fourth-order valence-electron chi connectivity index (χ4n) is 7.21. The highest BCUT2D eigenvalue weighted by Crippen LogP contribution is 2.44. The number of nitrogens with zero attached hydrogens (tertiary/aromatic N) is 1. The van der Waals surface area contributed by atoms with E-state index in [-0.39, 0.29) is 17.8 Å². The van der Waals surface area contributed by atoms with Crippen molar-refractivity contribution < 1.29 is 4.74 Å². The van der Waals surface area contributed by atoms with Gasteiger partial charge in [-0.1, -0.05) is 85.3 Å². The standard InChI is InChI=1S/C32H37NO.ClH/c1-2-14-29(15-3-1)32(25-34-24-28-13-6-7-16-30(28)32)19-10-22-33-21-9-8-18-31(33)20-17-26-11-4-5-12-27(26)23-31;/h1-7,11-16H,8-10,17-25H2;1H. The average Bonchev–Trinajstić information content (AvgIpc) is 2.90. The van der Waals surface area contributed by atoms with Crippen LogP contribution in [0.2, 0.25) is 0 Å². The van der Waals surface area contributed by atoms with Gasteiger partial charge in [0.05, 0.1) is 13.2 Å². The molecular weight excluding hydrogens is 450 g/mol. The summed E-state index contributed by atoms with van der Waals surface area (Å²) in [6.07, 6.45) is 10.2. The molecule has 0 N–H and O–H groups in total. The number of ether oxygens (including phenoxy) is 1. The predicted molar refractivity (Wildman–Crippen MR) is 146 cm³/mol. The van der Waals surface area contributed by atoms with Crippen LogP contribution < -0.4 is 0 Å². The second-order valence-corrected chi connectivity index (χ2v) is 10.8. The largest absolute Gasteiger partial charge is 0.375 e. The normalized spacial score (nSPS) is 25.9. The molecule has 0 bridgehead atoms. The first-order valence-electron chi connectivity index (χ1n) is 13.3. The number of hydrogen-bond donors (Lipinski definition) is 0. The molecule has 3 heteroatoms. The third-order valence-electron chi connectivity index (χ3n) is 8.99. The third kappa shape index (κ3) is 4.57. The molecule has 1 aliphatic carbocycles. The van der Waals surface area contributed by atoms with Gasteiger partial charge in [-0.05, 0) is 85.9 Å². The van der Waals surface area contributed by atoms with E-state index < -0.39 is 0 Å². The van der Waals surface area contributed by atoms with Crippen LogP contribution >= 0.6 is 12.4 Å². The predicted octanol–water partition coefficient (Wildman–Crippen LogP) is 7.12. The van der Waals surface area contributed by atoms with Gasteiger partial charge in [-0.15, -0.1) is 12.4 Å². The van der Waals surface area contributed by atoms with Gasteiger partial charge in [0.25, 0.3) is 0 Å². The Morgan fingerprint density at radius 1 is 0.771 bits per heavy atom. The van der Waals surface area contributed by atoms with Crippen LogP contribution in [-0.4, -0.2) is 30.1 Å². The van der Waals surface area contributed by atoms with Crippen LogP contribution in [0.15, 0.2) is 78.9 Å². The van der Waals surface area contributed by atoms with Gasteiger partial charge < -0.3 is 4.74 Å². The van der Waals surface area contributed by atoms with Crippen LogP contribution in [0.4, 0.5) is 0 Å². The van der Waals surface area contributed by atoms with E-state index in [1.165, 1.54) is 74.7 Å². The van der Waals surface area contributed by atoms with Crippen molar-refractivity contribution in [1.82, 2.24) is 4.90 Å². The lowest BCUT2D eigenvalue weighted by atomic mass is 9.69. The fraction of sp³-hybridized carbons (Fsp3) is 0.438. The Morgan fingerprint density at radius 3 is 2.37 bits per heavy atom. The Labute approximate surface area is 217 Å². The summed E-state index contributed by atoms with van der Waals surface area (Å²) in [6.45, 7) is 3.97. The molecule has 2 nitrogen and oxygen atoms in total. The van der Waals surface area contributed by atoms with Crippen molar-refractivity contribution in [1.29, 1.82) is 0 Å². The molecule has 1 spiro atoms. The van der Waals surface area contributed by atoms with Crippen molar-refractivity contribution in [2.75, 3.05) is 19.7 Å². The molecule has 2 atom stereocenters. The van der Waals surface area contributed by atoms with E-state index in [2.05, 4.69) is 83.8 Å². The summed E-state index contributed by atoms with van der Waals surface area (Å²) in [5.74, 6) is 0. The topological polar surface area (TPSA) is 12.5 Å². The Balaban J connectivity index is 0.00000253. The van der Waals surface area contributed by atoms with Crippen LogP contribution in [0.25, 0.3) is 0 Å². The van der Waals surface area contributed by atoms with Crippen molar-refractivity contribution in [3.63, 3.8) is 0 Å². The number of aryl methyl sites for hydroxylation is 1. The summed E-state index contributed by atoms with van der Waals surface area (Å²) in [7, 11) is 0. The van der Waals surface area contributed by atoms with Gasteiger partial charge in [0.15, 0.2) is 0 Å². The van der Waals surface area contributed by atoms with Crippen molar-refractivity contribution in [3.05, 3.63) is 107 Å². The Kier molecular flexibility index (Phi) is 7.34. The number of piperidine rings is 1. The maximum atomic E-state index is 6.24. The van der Waals surface area contributed by atoms with Gasteiger partial charge in [-0.25, -0.2) is 0 Å². The zero-order chi connectivity index (χ0) is 22.8. The van der Waals surface area contributed by atoms with E-state index in [0.717, 1.165) is 19.6 Å². The summed E-state index contributed by atoms with van der Waals surface area (Å²) in [6, 6.07) is 29.3. The van der Waals surface area contributed by atoms with Gasteiger partial charge in [-0.3, -0.25) is 4.90 Å². The molecule has 3 aromatic rings. The lowest BCUT2D eigenvalue weighted by Gasteiger charge is -2.50. The molecule has 6 rings (SSSR count). The first kappa shape index (κ1) is 24.6. The Bertz CT molecular complexity index is 1130. The van der Waals surface area contributed by atoms with E-state index >= 15 is 0 Å². The van der Waals surface area contributed by atoms with E-state index in [4.69, 9.17) is 4.74 Å². The van der Waals surface area contributed by atoms with Crippen molar-refractivity contribution in [2.24, 2.45) is 0 Å². The summed E-state index contributed by atoms with van der Waals surface area (Å²) >= 11 is 0. The molecule has 0 saturated carbocycles. The summed E-state index contributed by atoms with van der Waals surface area (Å²) < 4.78 is 6.24. The number of halogens is 1. The smallest absolute Gasteiger partial charge is 0.0720 e. The minimum absolute atomic E-state index is 0. The zero-order valence-corrected chi connectivity index (χ0v) is 21.6. The maximum absolute atomic E-state index is 6.24. The lowest BCUT2D eigenvalue weighted by Crippen LogP contribution is -2.55. The molecule has 0 aromatic heterocycles. The Morgan fingerprint density at radius 2 is 1.51 bits per heavy atom. The number of likely N-dealkylation sites (tertiary alicyclic amines) is 1. The minimum Gasteiger partial charge on any atom is -0.375 e. The van der Waals surface area contributed by atoms with Crippen molar-refractivity contribution >= 4 is 12.4 Å². The summed E-state index contributed by atoms with van der Waals surface area (Å²) in [5, 5.41) is 0. The first-order valence-corrected chi connectivity index (χ1v) is 13.3. The van der Waals surface area contributed by atoms with Crippen LogP contribution in [0.3, 0.4) is 0 Å². The van der Waals surface area contributed by atoms with Crippen LogP contribution in [0.1, 0.15) is 66.3 Å². The first-order chi connectivity index (χ1) is 16.8. The molecule has 1 saturated heterocycles. The number of benzene rings is 3. The SMILES string of the molecule is Cl.c1ccc(C2(CCCN3CCCCC34CCc3ccccc3C4)COCc3ccccc32)cc1. The summed E-state index contributed by atoms with van der Waals surface area (Å²) in [5.41, 5.74) is 7.74. The van der Waals surface area contributed by atoms with Gasteiger partial charge in [0, 0.05) is 11.0 Å². The number of fused-ring (bicyclic) bond motifs is 2. The molecule has 3 aromatic carbocycles. The van der Waals surface area contributed by atoms with Gasteiger partial charge in [-0.2, -0.15) is 0 Å². The second kappa shape index (κ2) is 10.5. The Hall–Kier alpha value is -2.13. The molecular formula is C32H38ClNO. The van der Waals surface area contributed by atoms with Crippen LogP contribution in [0, 0.1) is 0 Å². The minimum atomic E-state index is -0.0434. The van der Waals surface area contributed by atoms with Gasteiger partial charge >= 0.3 is 0 Å². The fourth-order valence-corrected chi connectivity index (χ4v) is 7.21. The highest BCUT2D eigenvalue weighted by atomic mass is 35.5. The maximum Gasteiger partial charge on any atom is 0.0720 e. The van der Waals surface area contributed by atoms with Crippen LogP contribution in [-0.2, 0) is 29.6 Å². The average molecular weight is 488 g/mol. The van der Waals surface area contributed by atoms with Crippen molar-refractivity contribution in [2.45, 2.75) is 68.9 Å². The molecule has 0 amide bonds. The van der Waals surface area contributed by atoms with Crippen molar-refractivity contribution in [3.8, 4) is 0 Å². The monoisotopic (exact) mass is 487 g/mol. The highest BCUT2D eigenvalue weighted by Gasteiger charge is 2.42. The highest BCUT2D eigenvalue weighted by molar-refractivity contribution is 5.85. The molecule has 2 unspecified atom stereocenters. The van der Waals surface area contributed by atoms with Gasteiger partial charge in [0.2, 0.25) is 0 Å². The lowest BCUT2D eigenvalue weighted by molar-refractivity contribution is 0.0261. The van der Waals surface area contributed by atoms with E-state index in [0.29, 0.717) is 5.54 Å². The number of hydrogen-bond acceptors (Lipinski definition) is 2. The molecule has 3 aliphatic rings. The van der Waals surface area contributed by atoms with E-state index in [9.17, 15) is 0 Å². The second-order valence-electron chi connectivity index (χ2n) is 10.8.